The SMILES string of the molecule is [N-]=[N+]=Nc1ccc(C(=O)CBr)cc1.[N-]=[N+]=Nc1ccccc1. The van der Waals surface area contributed by atoms with Crippen LogP contribution in [0.5, 0.6) is 0 Å². The largest absolute Gasteiger partial charge is 0.293 e. The molecular formula is C14H11BrN6O. The van der Waals surface area contributed by atoms with Crippen LogP contribution in [-0.4, -0.2) is 11.1 Å². The zero-order valence-corrected chi connectivity index (χ0v) is 13.0. The molecule has 0 atom stereocenters. The lowest BCUT2D eigenvalue weighted by Gasteiger charge is -1.96. The quantitative estimate of drug-likeness (QED) is 0.220. The fourth-order valence-electron chi connectivity index (χ4n) is 1.39. The van der Waals surface area contributed by atoms with Gasteiger partial charge in [0.25, 0.3) is 0 Å². The predicted octanol–water partition coefficient (Wildman–Crippen LogP) is 5.83. The second kappa shape index (κ2) is 10.0. The van der Waals surface area contributed by atoms with Gasteiger partial charge in [-0.05, 0) is 11.1 Å². The van der Waals surface area contributed by atoms with E-state index < -0.39 is 0 Å². The summed E-state index contributed by atoms with van der Waals surface area (Å²) in [5, 5.41) is 7.08. The van der Waals surface area contributed by atoms with Gasteiger partial charge in [0.15, 0.2) is 5.78 Å². The minimum atomic E-state index is 0.00693. The molecule has 7 nitrogen and oxygen atoms in total. The summed E-state index contributed by atoms with van der Waals surface area (Å²) in [6, 6.07) is 15.5. The maximum atomic E-state index is 11.1. The van der Waals surface area contributed by atoms with E-state index in [1.165, 1.54) is 0 Å². The van der Waals surface area contributed by atoms with E-state index in [0.29, 0.717) is 22.3 Å². The molecule has 0 aliphatic heterocycles. The van der Waals surface area contributed by atoms with E-state index in [4.69, 9.17) is 11.1 Å². The molecule has 110 valence electrons. The number of halogens is 1. The van der Waals surface area contributed by atoms with Crippen LogP contribution in [0, 0.1) is 0 Å². The summed E-state index contributed by atoms with van der Waals surface area (Å²) >= 11 is 3.07. The second-order valence-electron chi connectivity index (χ2n) is 3.82. The molecule has 0 heterocycles. The average molecular weight is 359 g/mol. The van der Waals surface area contributed by atoms with Gasteiger partial charge in [-0.2, -0.15) is 0 Å². The van der Waals surface area contributed by atoms with Crippen LogP contribution >= 0.6 is 15.9 Å². The fourth-order valence-corrected chi connectivity index (χ4v) is 1.71. The lowest BCUT2D eigenvalue weighted by Crippen LogP contribution is -1.98. The number of benzene rings is 2. The number of Topliss-reactive ketones (excluding diaryl/α,β-unsaturated/α-hetero) is 1. The van der Waals surface area contributed by atoms with Crippen molar-refractivity contribution in [2.75, 3.05) is 5.33 Å². The van der Waals surface area contributed by atoms with Gasteiger partial charge in [-0.15, -0.1) is 0 Å². The first-order valence-corrected chi connectivity index (χ1v) is 7.18. The first-order valence-electron chi connectivity index (χ1n) is 6.05. The Morgan fingerprint density at radius 1 is 0.909 bits per heavy atom. The van der Waals surface area contributed by atoms with E-state index in [1.807, 2.05) is 18.2 Å². The smallest absolute Gasteiger partial charge is 0.173 e. The van der Waals surface area contributed by atoms with Crippen molar-refractivity contribution in [2.45, 2.75) is 0 Å². The van der Waals surface area contributed by atoms with Crippen molar-refractivity contribution in [3.8, 4) is 0 Å². The second-order valence-corrected chi connectivity index (χ2v) is 4.38. The van der Waals surface area contributed by atoms with Gasteiger partial charge in [0.2, 0.25) is 0 Å². The molecule has 2 aromatic rings. The molecule has 0 unspecified atom stereocenters. The first kappa shape index (κ1) is 17.3. The number of hydrogen-bond donors (Lipinski definition) is 0. The summed E-state index contributed by atoms with van der Waals surface area (Å²) in [7, 11) is 0. The van der Waals surface area contributed by atoms with E-state index >= 15 is 0 Å². The van der Waals surface area contributed by atoms with Crippen molar-refractivity contribution in [3.05, 3.63) is 81.0 Å². The molecule has 22 heavy (non-hydrogen) atoms. The highest BCUT2D eigenvalue weighted by atomic mass is 79.9. The van der Waals surface area contributed by atoms with Gasteiger partial charge in [-0.25, -0.2) is 0 Å². The van der Waals surface area contributed by atoms with Crippen molar-refractivity contribution >= 4 is 33.1 Å². The Morgan fingerprint density at radius 3 is 1.86 bits per heavy atom. The highest BCUT2D eigenvalue weighted by molar-refractivity contribution is 9.09. The molecule has 2 rings (SSSR count). The maximum Gasteiger partial charge on any atom is 0.173 e. The Bertz CT molecular complexity index is 704. The first-order chi connectivity index (χ1) is 10.7. The number of carbonyl (C=O) groups excluding carboxylic acids is 1. The highest BCUT2D eigenvalue weighted by Crippen LogP contribution is 2.13. The van der Waals surface area contributed by atoms with E-state index in [-0.39, 0.29) is 5.78 Å². The van der Waals surface area contributed by atoms with Crippen LogP contribution in [-0.2, 0) is 0 Å². The average Bonchev–Trinajstić information content (AvgIpc) is 2.57. The van der Waals surface area contributed by atoms with Crippen LogP contribution in [0.1, 0.15) is 10.4 Å². The summed E-state index contributed by atoms with van der Waals surface area (Å²) in [4.78, 5) is 16.4. The predicted molar refractivity (Wildman–Crippen MR) is 88.6 cm³/mol. The van der Waals surface area contributed by atoms with Crippen LogP contribution in [0.25, 0.3) is 20.9 Å². The van der Waals surface area contributed by atoms with Crippen LogP contribution in [0.4, 0.5) is 11.4 Å². The Labute approximate surface area is 135 Å². The molecule has 0 saturated heterocycles. The number of alkyl halides is 1. The molecular weight excluding hydrogens is 348 g/mol. The third-order valence-electron chi connectivity index (χ3n) is 2.39. The molecule has 0 N–H and O–H groups in total. The summed E-state index contributed by atoms with van der Waals surface area (Å²) in [5.74, 6) is 0.00693. The summed E-state index contributed by atoms with van der Waals surface area (Å²) in [6.07, 6.45) is 0. The van der Waals surface area contributed by atoms with Gasteiger partial charge >= 0.3 is 0 Å². The van der Waals surface area contributed by atoms with Gasteiger partial charge < -0.3 is 0 Å². The van der Waals surface area contributed by atoms with Gasteiger partial charge in [-0.1, -0.05) is 80.8 Å². The molecule has 0 amide bonds. The highest BCUT2D eigenvalue weighted by Gasteiger charge is 2.01. The zero-order chi connectivity index (χ0) is 16.2. The zero-order valence-electron chi connectivity index (χ0n) is 11.4. The molecule has 0 aromatic heterocycles. The number of hydrogen-bond acceptors (Lipinski definition) is 3. The summed E-state index contributed by atoms with van der Waals surface area (Å²) in [5.41, 5.74) is 17.9. The lowest BCUT2D eigenvalue weighted by molar-refractivity contribution is 0.102. The fraction of sp³-hybridized carbons (Fsp3) is 0.0714. The molecule has 0 spiro atoms. The van der Waals surface area contributed by atoms with E-state index in [1.54, 1.807) is 36.4 Å². The number of carbonyl (C=O) groups is 1. The third-order valence-corrected chi connectivity index (χ3v) is 2.90. The number of azide groups is 2. The number of nitrogens with zero attached hydrogens (tertiary/aromatic N) is 6. The molecule has 0 aliphatic carbocycles. The number of ketones is 1. The van der Waals surface area contributed by atoms with E-state index in [2.05, 4.69) is 36.0 Å². The van der Waals surface area contributed by atoms with Crippen LogP contribution in [0.3, 0.4) is 0 Å². The normalized spacial score (nSPS) is 8.59. The standard InChI is InChI=1S/C8H6BrN3O.C6H5N3/c9-5-8(13)6-1-3-7(4-2-6)11-12-10;7-9-8-6-4-2-1-3-5-6/h1-4H,5H2;1-5H. The van der Waals surface area contributed by atoms with E-state index in [0.717, 1.165) is 0 Å². The molecule has 0 saturated carbocycles. The molecule has 0 radical (unpaired) electrons. The molecule has 0 aliphatic rings. The lowest BCUT2D eigenvalue weighted by atomic mass is 10.1. The van der Waals surface area contributed by atoms with Crippen molar-refractivity contribution in [2.24, 2.45) is 10.2 Å². The topological polar surface area (TPSA) is 115 Å². The molecule has 8 heteroatoms. The van der Waals surface area contributed by atoms with Gasteiger partial charge in [0, 0.05) is 26.8 Å². The third kappa shape index (κ3) is 6.11. The van der Waals surface area contributed by atoms with Crippen molar-refractivity contribution in [3.63, 3.8) is 0 Å². The van der Waals surface area contributed by atoms with Gasteiger partial charge in [-0.3, -0.25) is 4.79 Å². The maximum absolute atomic E-state index is 11.1. The Kier molecular flexibility index (Phi) is 7.86. The Morgan fingerprint density at radius 2 is 1.41 bits per heavy atom. The van der Waals surface area contributed by atoms with Gasteiger partial charge in [0.1, 0.15) is 0 Å². The number of rotatable bonds is 4. The van der Waals surface area contributed by atoms with Gasteiger partial charge in [0.05, 0.1) is 5.33 Å². The van der Waals surface area contributed by atoms with Crippen molar-refractivity contribution < 1.29 is 4.79 Å². The van der Waals surface area contributed by atoms with Crippen LogP contribution in [0.15, 0.2) is 64.8 Å². The molecule has 2 aromatic carbocycles. The molecule has 0 bridgehead atoms. The van der Waals surface area contributed by atoms with Crippen LogP contribution < -0.4 is 0 Å². The van der Waals surface area contributed by atoms with Crippen LogP contribution in [0.2, 0.25) is 0 Å². The molecule has 0 fully saturated rings. The minimum Gasteiger partial charge on any atom is -0.293 e. The van der Waals surface area contributed by atoms with Crippen molar-refractivity contribution in [1.82, 2.24) is 0 Å². The Hall–Kier alpha value is -2.79. The summed E-state index contributed by atoms with van der Waals surface area (Å²) in [6.45, 7) is 0. The minimum absolute atomic E-state index is 0.00693. The summed E-state index contributed by atoms with van der Waals surface area (Å²) < 4.78 is 0. The monoisotopic (exact) mass is 358 g/mol. The Balaban J connectivity index is 0.000000235. The van der Waals surface area contributed by atoms with Crippen molar-refractivity contribution in [1.29, 1.82) is 0 Å². The van der Waals surface area contributed by atoms with E-state index in [9.17, 15) is 4.79 Å².